The van der Waals surface area contributed by atoms with Crippen LogP contribution >= 0.6 is 0 Å². The zero-order valence-electron chi connectivity index (χ0n) is 17.1. The number of rotatable bonds is 9. The number of carbonyl (C=O) groups is 2. The summed E-state index contributed by atoms with van der Waals surface area (Å²) in [6.07, 6.45) is 0. The number of esters is 1. The Labute approximate surface area is 174 Å². The number of nitrogens with one attached hydrogen (secondary N) is 2. The molecule has 1 amide bonds. The van der Waals surface area contributed by atoms with E-state index in [1.165, 1.54) is 12.1 Å². The van der Waals surface area contributed by atoms with Gasteiger partial charge in [-0.1, -0.05) is 18.2 Å². The van der Waals surface area contributed by atoms with Crippen LogP contribution in [-0.4, -0.2) is 41.7 Å². The van der Waals surface area contributed by atoms with Crippen molar-refractivity contribution in [1.29, 1.82) is 0 Å². The van der Waals surface area contributed by atoms with Crippen molar-refractivity contribution < 1.29 is 24.4 Å². The number of nitrogens with zero attached hydrogens (tertiary/aromatic N) is 1. The highest BCUT2D eigenvalue weighted by Crippen LogP contribution is 2.23. The Balaban J connectivity index is 2.03. The van der Waals surface area contributed by atoms with Crippen LogP contribution in [0.1, 0.15) is 40.0 Å². The van der Waals surface area contributed by atoms with Gasteiger partial charge in [0.15, 0.2) is 6.61 Å². The Bertz CT molecular complexity index is 944. The van der Waals surface area contributed by atoms with Crippen molar-refractivity contribution in [3.8, 4) is 0 Å². The van der Waals surface area contributed by atoms with Crippen LogP contribution in [0, 0.1) is 24.0 Å². The standard InChI is InChI=1S/C21H25N3O6/c1-13-4-5-16(10-14(13)2)15(3)23-20(26)12-30-21(27)18-11-17(24(28)29)6-7-19(18)22-8-9-25/h4-7,10-11,15,22,25H,8-9,12H2,1-3H3,(H,23,26)/t15-/m0/s1. The third-order valence-electron chi connectivity index (χ3n) is 4.60. The van der Waals surface area contributed by atoms with Gasteiger partial charge in [0.25, 0.3) is 11.6 Å². The highest BCUT2D eigenvalue weighted by molar-refractivity contribution is 5.97. The lowest BCUT2D eigenvalue weighted by molar-refractivity contribution is -0.384. The maximum atomic E-state index is 12.4. The maximum Gasteiger partial charge on any atom is 0.341 e. The average Bonchev–Trinajstić information content (AvgIpc) is 2.72. The molecular formula is C21H25N3O6. The van der Waals surface area contributed by atoms with Crippen molar-refractivity contribution in [2.24, 2.45) is 0 Å². The average molecular weight is 415 g/mol. The molecular weight excluding hydrogens is 390 g/mol. The van der Waals surface area contributed by atoms with E-state index in [9.17, 15) is 19.7 Å². The molecule has 30 heavy (non-hydrogen) atoms. The number of nitro groups is 1. The number of non-ortho nitro benzene ring substituents is 1. The first-order chi connectivity index (χ1) is 14.2. The second-order valence-electron chi connectivity index (χ2n) is 6.85. The van der Waals surface area contributed by atoms with Gasteiger partial charge in [-0.25, -0.2) is 4.79 Å². The topological polar surface area (TPSA) is 131 Å². The molecule has 0 fully saturated rings. The predicted molar refractivity (Wildman–Crippen MR) is 111 cm³/mol. The monoisotopic (exact) mass is 415 g/mol. The molecule has 2 aromatic rings. The fourth-order valence-electron chi connectivity index (χ4n) is 2.77. The molecule has 0 bridgehead atoms. The van der Waals surface area contributed by atoms with E-state index >= 15 is 0 Å². The molecule has 0 unspecified atom stereocenters. The van der Waals surface area contributed by atoms with Gasteiger partial charge >= 0.3 is 5.97 Å². The van der Waals surface area contributed by atoms with E-state index < -0.39 is 23.4 Å². The highest BCUT2D eigenvalue weighted by Gasteiger charge is 2.19. The Morgan fingerprint density at radius 3 is 2.53 bits per heavy atom. The Morgan fingerprint density at radius 1 is 1.17 bits per heavy atom. The molecule has 0 aliphatic rings. The first kappa shape index (κ1) is 22.8. The maximum absolute atomic E-state index is 12.4. The van der Waals surface area contributed by atoms with Crippen molar-refractivity contribution in [1.82, 2.24) is 5.32 Å². The Kier molecular flexibility index (Phi) is 7.88. The third kappa shape index (κ3) is 6.02. The van der Waals surface area contributed by atoms with Crippen molar-refractivity contribution >= 4 is 23.3 Å². The minimum absolute atomic E-state index is 0.0901. The van der Waals surface area contributed by atoms with E-state index in [1.807, 2.05) is 39.0 Å². The van der Waals surface area contributed by atoms with E-state index in [0.717, 1.165) is 22.8 Å². The summed E-state index contributed by atoms with van der Waals surface area (Å²) in [4.78, 5) is 35.0. The smallest absolute Gasteiger partial charge is 0.341 e. The second-order valence-corrected chi connectivity index (χ2v) is 6.85. The van der Waals surface area contributed by atoms with Crippen LogP contribution in [0.25, 0.3) is 0 Å². The highest BCUT2D eigenvalue weighted by atomic mass is 16.6. The summed E-state index contributed by atoms with van der Waals surface area (Å²) in [5.41, 5.74) is 3.06. The molecule has 0 spiro atoms. The summed E-state index contributed by atoms with van der Waals surface area (Å²) < 4.78 is 5.05. The number of anilines is 1. The van der Waals surface area contributed by atoms with E-state index in [-0.39, 0.29) is 36.1 Å². The molecule has 1 atom stereocenters. The summed E-state index contributed by atoms with van der Waals surface area (Å²) >= 11 is 0. The lowest BCUT2D eigenvalue weighted by Crippen LogP contribution is -2.31. The number of amides is 1. The molecule has 0 aliphatic heterocycles. The fourth-order valence-corrected chi connectivity index (χ4v) is 2.77. The van der Waals surface area contributed by atoms with Gasteiger partial charge in [0.1, 0.15) is 0 Å². The first-order valence-corrected chi connectivity index (χ1v) is 9.39. The largest absolute Gasteiger partial charge is 0.452 e. The van der Waals surface area contributed by atoms with Crippen LogP contribution in [0.15, 0.2) is 36.4 Å². The summed E-state index contributed by atoms with van der Waals surface area (Å²) in [5, 5.41) is 25.5. The van der Waals surface area contributed by atoms with Crippen LogP contribution in [0.3, 0.4) is 0 Å². The van der Waals surface area contributed by atoms with E-state index in [2.05, 4.69) is 10.6 Å². The summed E-state index contributed by atoms with van der Waals surface area (Å²) in [5.74, 6) is -1.38. The van der Waals surface area contributed by atoms with Gasteiger partial charge in [-0.3, -0.25) is 14.9 Å². The van der Waals surface area contributed by atoms with Crippen LogP contribution in [0.5, 0.6) is 0 Å². The van der Waals surface area contributed by atoms with E-state index in [4.69, 9.17) is 9.84 Å². The number of benzene rings is 2. The van der Waals surface area contributed by atoms with Crippen molar-refractivity contribution in [2.45, 2.75) is 26.8 Å². The van der Waals surface area contributed by atoms with Gasteiger partial charge in [-0.2, -0.15) is 0 Å². The molecule has 0 saturated heterocycles. The van der Waals surface area contributed by atoms with E-state index in [0.29, 0.717) is 0 Å². The molecule has 0 radical (unpaired) electrons. The molecule has 160 valence electrons. The number of aryl methyl sites for hydroxylation is 2. The van der Waals surface area contributed by atoms with Crippen LogP contribution in [0.2, 0.25) is 0 Å². The van der Waals surface area contributed by atoms with Crippen LogP contribution in [0.4, 0.5) is 11.4 Å². The van der Waals surface area contributed by atoms with Crippen molar-refractivity contribution in [2.75, 3.05) is 25.1 Å². The minimum Gasteiger partial charge on any atom is -0.452 e. The van der Waals surface area contributed by atoms with E-state index in [1.54, 1.807) is 0 Å². The normalized spacial score (nSPS) is 11.5. The number of nitro benzene ring substituents is 1. The molecule has 9 heteroatoms. The van der Waals surface area contributed by atoms with Crippen molar-refractivity contribution in [3.63, 3.8) is 0 Å². The van der Waals surface area contributed by atoms with Gasteiger partial charge in [0, 0.05) is 24.4 Å². The SMILES string of the molecule is Cc1ccc([C@H](C)NC(=O)COC(=O)c2cc([N+](=O)[O-])ccc2NCCO)cc1C. The van der Waals surface area contributed by atoms with Gasteiger partial charge in [0.05, 0.1) is 23.1 Å². The quantitative estimate of drug-likeness (QED) is 0.326. The summed E-state index contributed by atoms with van der Waals surface area (Å²) in [6.45, 7) is 5.23. The Hall–Kier alpha value is -3.46. The fraction of sp³-hybridized carbons (Fsp3) is 0.333. The van der Waals surface area contributed by atoms with Crippen LogP contribution < -0.4 is 10.6 Å². The number of aliphatic hydroxyl groups is 1. The minimum atomic E-state index is -0.881. The number of aliphatic hydroxyl groups excluding tert-OH is 1. The van der Waals surface area contributed by atoms with Gasteiger partial charge in [0.2, 0.25) is 0 Å². The Morgan fingerprint density at radius 2 is 1.90 bits per heavy atom. The number of hydrogen-bond donors (Lipinski definition) is 3. The first-order valence-electron chi connectivity index (χ1n) is 9.39. The zero-order valence-corrected chi connectivity index (χ0v) is 17.1. The molecule has 9 nitrogen and oxygen atoms in total. The molecule has 0 aliphatic carbocycles. The van der Waals surface area contributed by atoms with Crippen molar-refractivity contribution in [3.05, 3.63) is 68.8 Å². The lowest BCUT2D eigenvalue weighted by atomic mass is 10.0. The molecule has 3 N–H and O–H groups in total. The lowest BCUT2D eigenvalue weighted by Gasteiger charge is -2.16. The predicted octanol–water partition coefficient (Wildman–Crippen LogP) is 2.65. The number of hydrogen-bond acceptors (Lipinski definition) is 7. The van der Waals surface area contributed by atoms with Crippen LogP contribution in [-0.2, 0) is 9.53 Å². The molecule has 0 heterocycles. The van der Waals surface area contributed by atoms with Gasteiger partial charge < -0.3 is 20.5 Å². The van der Waals surface area contributed by atoms with Gasteiger partial charge in [-0.15, -0.1) is 0 Å². The molecule has 0 aromatic heterocycles. The summed E-state index contributed by atoms with van der Waals surface area (Å²) in [7, 11) is 0. The summed E-state index contributed by atoms with van der Waals surface area (Å²) in [6, 6.07) is 9.24. The molecule has 2 aromatic carbocycles. The second kappa shape index (κ2) is 10.4. The molecule has 0 saturated carbocycles. The zero-order chi connectivity index (χ0) is 22.3. The van der Waals surface area contributed by atoms with Gasteiger partial charge in [-0.05, 0) is 43.5 Å². The number of carbonyl (C=O) groups excluding carboxylic acids is 2. The number of ether oxygens (including phenoxy) is 1. The third-order valence-corrected chi connectivity index (χ3v) is 4.60. The molecule has 2 rings (SSSR count).